The van der Waals surface area contributed by atoms with Gasteiger partial charge in [-0.15, -0.1) is 0 Å². The molecule has 0 bridgehead atoms. The standard InChI is InChI=1S/C28H44O3/c1-16-8-10-26(4)19(12-16)6-7-20-21(26)14-24(29)27(5)22(20)13-23-25(27)18(3)28(31-23)11-9-17(2)15-30-28/h16-23,25H,6-15H2,1-5H3/t16?,17?,18?,19?,20?,21?,22?,23?,25?,26-,27+,28?/m0/s1. The molecule has 0 radical (unpaired) electrons. The zero-order valence-corrected chi connectivity index (χ0v) is 20.5. The fraction of sp³-hybridized carbons (Fsp3) is 0.964. The molecule has 174 valence electrons. The number of fused-ring (bicyclic) bond motifs is 7. The summed E-state index contributed by atoms with van der Waals surface area (Å²) in [5.41, 5.74) is 0.187. The minimum absolute atomic E-state index is 0.202. The van der Waals surface area contributed by atoms with Crippen molar-refractivity contribution < 1.29 is 14.3 Å². The number of hydrogen-bond donors (Lipinski definition) is 0. The van der Waals surface area contributed by atoms with Crippen LogP contribution in [0.25, 0.3) is 0 Å². The highest BCUT2D eigenvalue weighted by molar-refractivity contribution is 5.87. The van der Waals surface area contributed by atoms with Crippen LogP contribution in [-0.2, 0) is 14.3 Å². The van der Waals surface area contributed by atoms with Crippen molar-refractivity contribution in [2.45, 2.75) is 104 Å². The van der Waals surface area contributed by atoms with Gasteiger partial charge in [0.25, 0.3) is 0 Å². The third kappa shape index (κ3) is 2.69. The average Bonchev–Trinajstić information content (AvgIpc) is 3.18. The van der Waals surface area contributed by atoms with Gasteiger partial charge in [0.05, 0.1) is 12.7 Å². The Morgan fingerprint density at radius 2 is 1.68 bits per heavy atom. The summed E-state index contributed by atoms with van der Waals surface area (Å²) in [5, 5.41) is 0. The number of carbonyl (C=O) groups excluding carboxylic acids is 1. The summed E-state index contributed by atoms with van der Waals surface area (Å²) in [6.07, 6.45) is 11.1. The fourth-order valence-corrected chi connectivity index (χ4v) is 10.2. The van der Waals surface area contributed by atoms with E-state index in [2.05, 4.69) is 34.6 Å². The minimum atomic E-state index is -0.421. The predicted molar refractivity (Wildman–Crippen MR) is 121 cm³/mol. The van der Waals surface area contributed by atoms with Crippen LogP contribution in [0.15, 0.2) is 0 Å². The second-order valence-corrected chi connectivity index (χ2v) is 13.4. The smallest absolute Gasteiger partial charge is 0.171 e. The van der Waals surface area contributed by atoms with E-state index in [1.165, 1.54) is 38.5 Å². The van der Waals surface area contributed by atoms with Gasteiger partial charge in [-0.2, -0.15) is 0 Å². The third-order valence-corrected chi connectivity index (χ3v) is 12.1. The molecule has 3 nitrogen and oxygen atoms in total. The van der Waals surface area contributed by atoms with Crippen LogP contribution in [0.2, 0.25) is 0 Å². The van der Waals surface area contributed by atoms with E-state index in [1.807, 2.05) is 0 Å². The van der Waals surface area contributed by atoms with E-state index < -0.39 is 5.79 Å². The molecule has 2 aliphatic heterocycles. The maximum absolute atomic E-state index is 14.0. The molecule has 2 saturated heterocycles. The molecule has 0 aromatic carbocycles. The van der Waals surface area contributed by atoms with E-state index in [9.17, 15) is 4.79 Å². The predicted octanol–water partition coefficient (Wildman–Crippen LogP) is 6.25. The van der Waals surface area contributed by atoms with Gasteiger partial charge >= 0.3 is 0 Å². The molecule has 4 aliphatic carbocycles. The SMILES string of the molecule is CC1CCC2(OC1)OC1CC3C4CCC5CC(C)CC[C@]5(C)C4CC(=O)[C@]3(C)C1C2C. The van der Waals surface area contributed by atoms with Crippen molar-refractivity contribution >= 4 is 5.78 Å². The second kappa shape index (κ2) is 6.81. The number of rotatable bonds is 0. The summed E-state index contributed by atoms with van der Waals surface area (Å²) >= 11 is 0. The van der Waals surface area contributed by atoms with Crippen LogP contribution in [-0.4, -0.2) is 24.3 Å². The molecule has 31 heavy (non-hydrogen) atoms. The summed E-state index contributed by atoms with van der Waals surface area (Å²) in [7, 11) is 0. The largest absolute Gasteiger partial charge is 0.349 e. The van der Waals surface area contributed by atoms with Gasteiger partial charge in [-0.3, -0.25) is 4.79 Å². The normalized spacial score (nSPS) is 60.9. The first-order chi connectivity index (χ1) is 14.7. The molecule has 0 aromatic heterocycles. The van der Waals surface area contributed by atoms with Gasteiger partial charge in [0.2, 0.25) is 0 Å². The van der Waals surface area contributed by atoms with Crippen molar-refractivity contribution in [2.75, 3.05) is 6.61 Å². The molecule has 6 fully saturated rings. The summed E-state index contributed by atoms with van der Waals surface area (Å²) in [6, 6.07) is 0. The van der Waals surface area contributed by atoms with Crippen molar-refractivity contribution in [2.24, 2.45) is 58.2 Å². The Bertz CT molecular complexity index is 753. The van der Waals surface area contributed by atoms with Crippen molar-refractivity contribution in [3.8, 4) is 0 Å². The highest BCUT2D eigenvalue weighted by Crippen LogP contribution is 2.70. The molecule has 0 amide bonds. The molecule has 6 rings (SSSR count). The molecule has 2 heterocycles. The molecule has 12 atom stereocenters. The Morgan fingerprint density at radius 1 is 0.903 bits per heavy atom. The molecule has 6 aliphatic rings. The molecule has 0 N–H and O–H groups in total. The summed E-state index contributed by atoms with van der Waals surface area (Å²) in [4.78, 5) is 14.0. The highest BCUT2D eigenvalue weighted by atomic mass is 16.7. The second-order valence-electron chi connectivity index (χ2n) is 13.4. The number of ketones is 1. The van der Waals surface area contributed by atoms with Crippen LogP contribution in [0.3, 0.4) is 0 Å². The van der Waals surface area contributed by atoms with Crippen LogP contribution < -0.4 is 0 Å². The third-order valence-electron chi connectivity index (χ3n) is 12.1. The van der Waals surface area contributed by atoms with Crippen LogP contribution in [0.1, 0.15) is 92.4 Å². The first-order valence-corrected chi connectivity index (χ1v) is 13.5. The number of carbonyl (C=O) groups is 1. The van der Waals surface area contributed by atoms with Crippen LogP contribution >= 0.6 is 0 Å². The number of ether oxygens (including phenoxy) is 2. The fourth-order valence-electron chi connectivity index (χ4n) is 10.2. The maximum atomic E-state index is 14.0. The Balaban J connectivity index is 1.30. The quantitative estimate of drug-likeness (QED) is 0.457. The topological polar surface area (TPSA) is 35.5 Å². The lowest BCUT2D eigenvalue weighted by molar-refractivity contribution is -0.272. The Kier molecular flexibility index (Phi) is 4.65. The van der Waals surface area contributed by atoms with Gasteiger partial charge in [0.15, 0.2) is 5.79 Å². The minimum Gasteiger partial charge on any atom is -0.349 e. The molecule has 4 saturated carbocycles. The lowest BCUT2D eigenvalue weighted by Gasteiger charge is -2.60. The van der Waals surface area contributed by atoms with Gasteiger partial charge in [-0.25, -0.2) is 0 Å². The monoisotopic (exact) mass is 428 g/mol. The van der Waals surface area contributed by atoms with E-state index >= 15 is 0 Å². The molecule has 10 unspecified atom stereocenters. The van der Waals surface area contributed by atoms with Crippen molar-refractivity contribution in [3.63, 3.8) is 0 Å². The van der Waals surface area contributed by atoms with Crippen molar-refractivity contribution in [1.82, 2.24) is 0 Å². The van der Waals surface area contributed by atoms with E-state index in [-0.39, 0.29) is 11.5 Å². The highest BCUT2D eigenvalue weighted by Gasteiger charge is 2.71. The Morgan fingerprint density at radius 3 is 2.42 bits per heavy atom. The first-order valence-electron chi connectivity index (χ1n) is 13.5. The van der Waals surface area contributed by atoms with Gasteiger partial charge in [0, 0.05) is 30.1 Å². The first kappa shape index (κ1) is 21.1. The Labute approximate surface area is 189 Å². The number of hydrogen-bond acceptors (Lipinski definition) is 3. The van der Waals surface area contributed by atoms with Crippen LogP contribution in [0, 0.1) is 58.2 Å². The molecular formula is C28H44O3. The van der Waals surface area contributed by atoms with Crippen LogP contribution in [0.5, 0.6) is 0 Å². The summed E-state index contributed by atoms with van der Waals surface area (Å²) < 4.78 is 13.2. The van der Waals surface area contributed by atoms with Crippen molar-refractivity contribution in [1.29, 1.82) is 0 Å². The van der Waals surface area contributed by atoms with Gasteiger partial charge in [-0.05, 0) is 79.4 Å². The van der Waals surface area contributed by atoms with E-state index in [0.29, 0.717) is 40.8 Å². The summed E-state index contributed by atoms with van der Waals surface area (Å²) in [6.45, 7) is 12.8. The zero-order valence-electron chi connectivity index (χ0n) is 20.5. The van der Waals surface area contributed by atoms with Crippen molar-refractivity contribution in [3.05, 3.63) is 0 Å². The Hall–Kier alpha value is -0.410. The van der Waals surface area contributed by atoms with Crippen LogP contribution in [0.4, 0.5) is 0 Å². The average molecular weight is 429 g/mol. The number of Topliss-reactive ketones (excluding diaryl/α,β-unsaturated/α-hetero) is 1. The molecular weight excluding hydrogens is 384 g/mol. The molecule has 0 aromatic rings. The zero-order chi connectivity index (χ0) is 21.8. The van der Waals surface area contributed by atoms with Gasteiger partial charge in [0.1, 0.15) is 5.78 Å². The van der Waals surface area contributed by atoms with E-state index in [0.717, 1.165) is 43.6 Å². The summed E-state index contributed by atoms with van der Waals surface area (Å²) in [5.74, 6) is 5.00. The maximum Gasteiger partial charge on any atom is 0.171 e. The lowest BCUT2D eigenvalue weighted by atomic mass is 9.43. The van der Waals surface area contributed by atoms with Gasteiger partial charge < -0.3 is 9.47 Å². The molecule has 3 heteroatoms. The van der Waals surface area contributed by atoms with Gasteiger partial charge in [-0.1, -0.05) is 41.0 Å². The lowest BCUT2D eigenvalue weighted by Crippen LogP contribution is -2.58. The molecule has 1 spiro atoms. The van der Waals surface area contributed by atoms with E-state index in [4.69, 9.17) is 9.47 Å². The van der Waals surface area contributed by atoms with E-state index in [1.54, 1.807) is 0 Å².